The zero-order valence-corrected chi connectivity index (χ0v) is 16.2. The number of nitrogens with one attached hydrogen (secondary N) is 2. The summed E-state index contributed by atoms with van der Waals surface area (Å²) in [7, 11) is 0. The highest BCUT2D eigenvalue weighted by molar-refractivity contribution is 5.95. The lowest BCUT2D eigenvalue weighted by Crippen LogP contribution is -2.56. The average molecular weight is 389 g/mol. The molecule has 1 saturated heterocycles. The van der Waals surface area contributed by atoms with Crippen LogP contribution in [0.15, 0.2) is 12.5 Å². The van der Waals surface area contributed by atoms with E-state index < -0.39 is 29.3 Å². The van der Waals surface area contributed by atoms with Crippen molar-refractivity contribution in [1.29, 1.82) is 0 Å². The van der Waals surface area contributed by atoms with Crippen LogP contribution in [0.3, 0.4) is 0 Å². The van der Waals surface area contributed by atoms with Gasteiger partial charge in [0.05, 0.1) is 6.33 Å². The first-order chi connectivity index (χ1) is 13.2. The fourth-order valence-electron chi connectivity index (χ4n) is 4.22. The van der Waals surface area contributed by atoms with E-state index in [1.54, 1.807) is 6.20 Å². The summed E-state index contributed by atoms with van der Waals surface area (Å²) in [5.41, 5.74) is 5.84. The minimum absolute atomic E-state index is 0.0617. The van der Waals surface area contributed by atoms with Crippen LogP contribution in [0.1, 0.15) is 45.2 Å². The highest BCUT2D eigenvalue weighted by Crippen LogP contribution is 2.36. The van der Waals surface area contributed by atoms with Crippen LogP contribution in [0.25, 0.3) is 0 Å². The Morgan fingerprint density at radius 3 is 2.75 bits per heavy atom. The Labute approximate surface area is 163 Å². The number of nitrogens with zero attached hydrogens (tertiary/aromatic N) is 2. The molecule has 1 aliphatic carbocycles. The minimum atomic E-state index is -0.862. The van der Waals surface area contributed by atoms with Crippen LogP contribution in [-0.4, -0.2) is 57.0 Å². The molecule has 1 saturated carbocycles. The number of likely N-dealkylation sites (tertiary alicyclic amines) is 1. The Kier molecular flexibility index (Phi) is 5.53. The standard InChI is InChI=1S/C19H27N5O4/c1-19(2)5-6-24(15(19)16(20)26)18(28)14(8-12-9-21-10-22-12)23-17(27)11-3-4-13(25)7-11/h9-11,14-15H,3-8H2,1-2H3,(H2,20,26)(H,21,22)(H,23,27)/t11-,14+,15-/m1/s1. The zero-order chi connectivity index (χ0) is 20.5. The third kappa shape index (κ3) is 4.07. The lowest BCUT2D eigenvalue weighted by atomic mass is 9.84. The largest absolute Gasteiger partial charge is 0.368 e. The fraction of sp³-hybridized carbons (Fsp3) is 0.632. The molecule has 9 heteroatoms. The molecule has 1 aromatic rings. The number of aromatic amines is 1. The highest BCUT2D eigenvalue weighted by atomic mass is 16.2. The van der Waals surface area contributed by atoms with E-state index >= 15 is 0 Å². The minimum Gasteiger partial charge on any atom is -0.368 e. The van der Waals surface area contributed by atoms with Crippen LogP contribution in [0.2, 0.25) is 0 Å². The maximum absolute atomic E-state index is 13.3. The predicted molar refractivity (Wildman–Crippen MR) is 99.7 cm³/mol. The van der Waals surface area contributed by atoms with Crippen molar-refractivity contribution in [1.82, 2.24) is 20.2 Å². The predicted octanol–water partition coefficient (Wildman–Crippen LogP) is -0.0814. The summed E-state index contributed by atoms with van der Waals surface area (Å²) in [6.07, 6.45) is 5.04. The molecule has 4 N–H and O–H groups in total. The smallest absolute Gasteiger partial charge is 0.246 e. The second-order valence-electron chi connectivity index (χ2n) is 8.40. The van der Waals surface area contributed by atoms with E-state index in [0.29, 0.717) is 31.5 Å². The van der Waals surface area contributed by atoms with E-state index in [4.69, 9.17) is 5.73 Å². The molecular formula is C19H27N5O4. The molecule has 1 aromatic heterocycles. The molecule has 0 bridgehead atoms. The van der Waals surface area contributed by atoms with E-state index in [9.17, 15) is 19.2 Å². The molecule has 0 aromatic carbocycles. The van der Waals surface area contributed by atoms with Crippen molar-refractivity contribution in [3.8, 4) is 0 Å². The molecule has 0 radical (unpaired) electrons. The van der Waals surface area contributed by atoms with Crippen molar-refractivity contribution in [3.63, 3.8) is 0 Å². The van der Waals surface area contributed by atoms with Crippen LogP contribution < -0.4 is 11.1 Å². The van der Waals surface area contributed by atoms with Crippen molar-refractivity contribution in [2.75, 3.05) is 6.54 Å². The molecule has 3 rings (SSSR count). The van der Waals surface area contributed by atoms with E-state index in [1.807, 2.05) is 13.8 Å². The summed E-state index contributed by atoms with van der Waals surface area (Å²) in [6, 6.07) is -1.59. The number of hydrogen-bond donors (Lipinski definition) is 3. The molecule has 2 heterocycles. The number of Topliss-reactive ketones (excluding diaryl/α,β-unsaturated/α-hetero) is 1. The van der Waals surface area contributed by atoms with Gasteiger partial charge in [-0.05, 0) is 18.3 Å². The number of primary amides is 1. The summed E-state index contributed by atoms with van der Waals surface area (Å²) in [4.78, 5) is 57.8. The number of aromatic nitrogens is 2. The van der Waals surface area contributed by atoms with E-state index in [2.05, 4.69) is 15.3 Å². The van der Waals surface area contributed by atoms with Gasteiger partial charge >= 0.3 is 0 Å². The topological polar surface area (TPSA) is 138 Å². The first kappa shape index (κ1) is 20.0. The number of ketones is 1. The molecule has 3 atom stereocenters. The van der Waals surface area contributed by atoms with Gasteiger partial charge in [-0.2, -0.15) is 0 Å². The van der Waals surface area contributed by atoms with Crippen molar-refractivity contribution < 1.29 is 19.2 Å². The maximum Gasteiger partial charge on any atom is 0.246 e. The van der Waals surface area contributed by atoms with Gasteiger partial charge in [0.1, 0.15) is 17.9 Å². The summed E-state index contributed by atoms with van der Waals surface area (Å²) >= 11 is 0. The Bertz CT molecular complexity index is 773. The molecule has 152 valence electrons. The summed E-state index contributed by atoms with van der Waals surface area (Å²) < 4.78 is 0. The molecule has 0 spiro atoms. The first-order valence-electron chi connectivity index (χ1n) is 9.58. The molecule has 0 unspecified atom stereocenters. The Balaban J connectivity index is 1.79. The fourth-order valence-corrected chi connectivity index (χ4v) is 4.22. The number of nitrogens with two attached hydrogens (primary N) is 1. The second kappa shape index (κ2) is 7.73. The van der Waals surface area contributed by atoms with Gasteiger partial charge in [0.25, 0.3) is 0 Å². The third-order valence-electron chi connectivity index (χ3n) is 5.81. The van der Waals surface area contributed by atoms with Gasteiger partial charge in [-0.3, -0.25) is 19.2 Å². The van der Waals surface area contributed by atoms with Gasteiger partial charge in [-0.1, -0.05) is 13.8 Å². The van der Waals surface area contributed by atoms with Gasteiger partial charge in [0.15, 0.2) is 0 Å². The molecule has 2 fully saturated rings. The van der Waals surface area contributed by atoms with Crippen molar-refractivity contribution >= 4 is 23.5 Å². The zero-order valence-electron chi connectivity index (χ0n) is 16.2. The van der Waals surface area contributed by atoms with E-state index in [1.165, 1.54) is 11.2 Å². The number of hydrogen-bond acceptors (Lipinski definition) is 5. The number of H-pyrrole nitrogens is 1. The summed E-state index contributed by atoms with van der Waals surface area (Å²) in [5, 5.41) is 2.80. The van der Waals surface area contributed by atoms with Gasteiger partial charge in [0, 0.05) is 43.6 Å². The Morgan fingerprint density at radius 1 is 1.43 bits per heavy atom. The number of amides is 3. The Hall–Kier alpha value is -2.71. The average Bonchev–Trinajstić information content (AvgIpc) is 3.33. The van der Waals surface area contributed by atoms with Crippen molar-refractivity contribution in [2.24, 2.45) is 17.1 Å². The third-order valence-corrected chi connectivity index (χ3v) is 5.81. The van der Waals surface area contributed by atoms with Crippen LogP contribution in [0.5, 0.6) is 0 Å². The lowest BCUT2D eigenvalue weighted by Gasteiger charge is -2.32. The van der Waals surface area contributed by atoms with E-state index in [0.717, 1.165) is 0 Å². The number of carbonyl (C=O) groups is 4. The van der Waals surface area contributed by atoms with Crippen LogP contribution >= 0.6 is 0 Å². The van der Waals surface area contributed by atoms with Gasteiger partial charge in [0.2, 0.25) is 17.7 Å². The van der Waals surface area contributed by atoms with Crippen LogP contribution in [0, 0.1) is 11.3 Å². The number of imidazole rings is 1. The monoisotopic (exact) mass is 389 g/mol. The lowest BCUT2D eigenvalue weighted by molar-refractivity contribution is -0.142. The molecule has 9 nitrogen and oxygen atoms in total. The molecule has 3 amide bonds. The maximum atomic E-state index is 13.3. The SMILES string of the molecule is CC1(C)CCN(C(=O)[C@H](Cc2cnc[nH]2)NC(=O)[C@@H]2CCC(=O)C2)[C@@H]1C(N)=O. The molecule has 1 aliphatic heterocycles. The van der Waals surface area contributed by atoms with Gasteiger partial charge in [-0.25, -0.2) is 4.98 Å². The second-order valence-corrected chi connectivity index (χ2v) is 8.40. The highest BCUT2D eigenvalue weighted by Gasteiger charge is 2.47. The van der Waals surface area contributed by atoms with Crippen molar-refractivity contribution in [2.45, 2.75) is 58.0 Å². The van der Waals surface area contributed by atoms with Gasteiger partial charge < -0.3 is 20.9 Å². The van der Waals surface area contributed by atoms with Crippen LogP contribution in [0.4, 0.5) is 0 Å². The normalized spacial score (nSPS) is 24.9. The first-order valence-corrected chi connectivity index (χ1v) is 9.58. The number of carbonyl (C=O) groups excluding carboxylic acids is 4. The molecule has 28 heavy (non-hydrogen) atoms. The number of rotatable bonds is 6. The van der Waals surface area contributed by atoms with E-state index in [-0.39, 0.29) is 30.4 Å². The quantitative estimate of drug-likeness (QED) is 0.625. The van der Waals surface area contributed by atoms with Crippen LogP contribution in [-0.2, 0) is 25.6 Å². The molecular weight excluding hydrogens is 362 g/mol. The summed E-state index contributed by atoms with van der Waals surface area (Å²) in [6.45, 7) is 4.21. The Morgan fingerprint density at radius 2 is 2.18 bits per heavy atom. The van der Waals surface area contributed by atoms with Crippen molar-refractivity contribution in [3.05, 3.63) is 18.2 Å². The molecule has 2 aliphatic rings. The van der Waals surface area contributed by atoms with Gasteiger partial charge in [-0.15, -0.1) is 0 Å². The summed E-state index contributed by atoms with van der Waals surface area (Å²) in [5.74, 6) is -1.55.